The van der Waals surface area contributed by atoms with Crippen LogP contribution in [-0.2, 0) is 19.4 Å². The lowest BCUT2D eigenvalue weighted by molar-refractivity contribution is -0.137. The van der Waals surface area contributed by atoms with Gasteiger partial charge in [0.1, 0.15) is 0 Å². The van der Waals surface area contributed by atoms with Crippen molar-refractivity contribution in [1.82, 2.24) is 0 Å². The van der Waals surface area contributed by atoms with E-state index < -0.39 is 21.7 Å². The van der Waals surface area contributed by atoms with Crippen molar-refractivity contribution in [2.75, 3.05) is 16.4 Å². The molecule has 3 rings (SSSR count). The maximum Gasteiger partial charge on any atom is 0.303 e. The first-order valence-corrected chi connectivity index (χ1v) is 11.1. The van der Waals surface area contributed by atoms with Crippen LogP contribution in [0.4, 0.5) is 5.69 Å². The van der Waals surface area contributed by atoms with Crippen LogP contribution in [0, 0.1) is 0 Å². The number of hydrogen-bond acceptors (Lipinski definition) is 5. The highest BCUT2D eigenvalue weighted by atomic mass is 35.5. The van der Waals surface area contributed by atoms with Crippen LogP contribution >= 0.6 is 23.4 Å². The number of carboxylic acid groups (broad SMARTS) is 1. The Morgan fingerprint density at radius 1 is 1.27 bits per heavy atom. The van der Waals surface area contributed by atoms with Crippen molar-refractivity contribution in [1.29, 1.82) is 0 Å². The van der Waals surface area contributed by atoms with E-state index in [1.807, 2.05) is 0 Å². The zero-order chi connectivity index (χ0) is 18.9. The molecule has 1 N–H and O–H groups in total. The third kappa shape index (κ3) is 4.21. The van der Waals surface area contributed by atoms with Crippen molar-refractivity contribution < 1.29 is 23.1 Å². The summed E-state index contributed by atoms with van der Waals surface area (Å²) in [5, 5.41) is 9.32. The number of nitrogens with zero attached hydrogens (tertiary/aromatic N) is 2. The quantitative estimate of drug-likeness (QED) is 0.784. The first kappa shape index (κ1) is 19.2. The fourth-order valence-corrected chi connectivity index (χ4v) is 7.20. The molecule has 1 aromatic rings. The lowest BCUT2D eigenvalue weighted by atomic mass is 10.2. The highest BCUT2D eigenvalue weighted by molar-refractivity contribution is 8.16. The maximum absolute atomic E-state index is 12.1. The number of anilines is 1. The van der Waals surface area contributed by atoms with Crippen molar-refractivity contribution in [2.45, 2.75) is 30.6 Å². The van der Waals surface area contributed by atoms with Crippen molar-refractivity contribution in [3.63, 3.8) is 0 Å². The Balaban J connectivity index is 1.87. The third-order valence-electron chi connectivity index (χ3n) is 4.18. The van der Waals surface area contributed by atoms with E-state index in [2.05, 4.69) is 4.99 Å². The molecular formula is C16H17ClN2O5S2. The minimum atomic E-state index is -3.15. The molecule has 0 aromatic heterocycles. The zero-order valence-electron chi connectivity index (χ0n) is 13.7. The molecule has 0 saturated carbocycles. The number of fused-ring (bicyclic) bond motifs is 1. The fraction of sp³-hybridized carbons (Fsp3) is 0.438. The highest BCUT2D eigenvalue weighted by Crippen LogP contribution is 2.42. The molecule has 26 heavy (non-hydrogen) atoms. The molecule has 0 bridgehead atoms. The monoisotopic (exact) mass is 416 g/mol. The fourth-order valence-electron chi connectivity index (χ4n) is 3.05. The number of aliphatic imine (C=N–C) groups is 1. The van der Waals surface area contributed by atoms with E-state index in [1.165, 1.54) is 11.8 Å². The highest BCUT2D eigenvalue weighted by Gasteiger charge is 2.49. The van der Waals surface area contributed by atoms with Gasteiger partial charge in [-0.2, -0.15) is 4.99 Å². The molecule has 2 atom stereocenters. The van der Waals surface area contributed by atoms with Gasteiger partial charge in [0.25, 0.3) is 0 Å². The largest absolute Gasteiger partial charge is 0.481 e. The molecule has 1 amide bonds. The standard InChI is InChI=1S/C16H17ClN2O5S2/c17-10-4-1-2-5-11(10)19-12-8-26(23,24)9-13(12)25-16(19)18-14(20)6-3-7-15(21)22/h1-2,4-5,12-13H,3,6-9H2,(H,21,22)/t12-,13-/m0/s1. The Labute approximate surface area is 160 Å². The summed E-state index contributed by atoms with van der Waals surface area (Å²) in [5.74, 6) is -1.36. The zero-order valence-corrected chi connectivity index (χ0v) is 16.1. The second-order valence-electron chi connectivity index (χ2n) is 6.16. The summed E-state index contributed by atoms with van der Waals surface area (Å²) in [4.78, 5) is 28.5. The van der Waals surface area contributed by atoms with Crippen molar-refractivity contribution in [3.05, 3.63) is 29.3 Å². The van der Waals surface area contributed by atoms with Gasteiger partial charge in [0.05, 0.1) is 28.3 Å². The number of halogens is 1. The van der Waals surface area contributed by atoms with Gasteiger partial charge in [0.15, 0.2) is 15.0 Å². The van der Waals surface area contributed by atoms with Gasteiger partial charge in [0, 0.05) is 18.1 Å². The van der Waals surface area contributed by atoms with E-state index in [9.17, 15) is 18.0 Å². The summed E-state index contributed by atoms with van der Waals surface area (Å²) in [6.07, 6.45) is 0.144. The number of amidine groups is 1. The van der Waals surface area contributed by atoms with Crippen LogP contribution in [0.1, 0.15) is 19.3 Å². The first-order valence-electron chi connectivity index (χ1n) is 8.01. The Hall–Kier alpha value is -1.58. The maximum atomic E-state index is 12.1. The molecular weight excluding hydrogens is 400 g/mol. The number of amides is 1. The predicted octanol–water partition coefficient (Wildman–Crippen LogP) is 2.20. The summed E-state index contributed by atoms with van der Waals surface area (Å²) in [7, 11) is -3.15. The van der Waals surface area contributed by atoms with Crippen molar-refractivity contribution in [2.24, 2.45) is 4.99 Å². The molecule has 0 unspecified atom stereocenters. The number of thioether (sulfide) groups is 1. The first-order chi connectivity index (χ1) is 12.3. The van der Waals surface area contributed by atoms with Gasteiger partial charge in [-0.3, -0.25) is 9.59 Å². The summed E-state index contributed by atoms with van der Waals surface area (Å²) in [5.41, 5.74) is 0.614. The van der Waals surface area contributed by atoms with E-state index in [4.69, 9.17) is 16.7 Å². The van der Waals surface area contributed by atoms with Crippen LogP contribution in [0.2, 0.25) is 5.02 Å². The van der Waals surface area contributed by atoms with Crippen LogP contribution in [0.25, 0.3) is 0 Å². The Morgan fingerprint density at radius 2 is 2.00 bits per heavy atom. The molecule has 2 heterocycles. The molecule has 0 radical (unpaired) electrons. The van der Waals surface area contributed by atoms with Crippen LogP contribution in [0.5, 0.6) is 0 Å². The number of carbonyl (C=O) groups excluding carboxylic acids is 1. The number of rotatable bonds is 5. The smallest absolute Gasteiger partial charge is 0.303 e. The Morgan fingerprint density at radius 3 is 2.69 bits per heavy atom. The van der Waals surface area contributed by atoms with Gasteiger partial charge >= 0.3 is 5.97 Å². The summed E-state index contributed by atoms with van der Waals surface area (Å²) in [6.45, 7) is 0. The number of hydrogen-bond donors (Lipinski definition) is 1. The topological polar surface area (TPSA) is 104 Å². The minimum Gasteiger partial charge on any atom is -0.481 e. The van der Waals surface area contributed by atoms with Gasteiger partial charge in [-0.15, -0.1) is 0 Å². The van der Waals surface area contributed by atoms with E-state index >= 15 is 0 Å². The van der Waals surface area contributed by atoms with Gasteiger partial charge in [0.2, 0.25) is 5.91 Å². The summed E-state index contributed by atoms with van der Waals surface area (Å²) in [6, 6.07) is 6.70. The molecule has 0 aliphatic carbocycles. The van der Waals surface area contributed by atoms with Crippen LogP contribution in [0.3, 0.4) is 0 Å². The second kappa shape index (κ2) is 7.58. The molecule has 0 spiro atoms. The number of para-hydroxylation sites is 1. The average Bonchev–Trinajstić information content (AvgIpc) is 2.98. The van der Waals surface area contributed by atoms with Crippen LogP contribution in [0.15, 0.2) is 29.3 Å². The van der Waals surface area contributed by atoms with E-state index in [0.717, 1.165) is 0 Å². The number of carbonyl (C=O) groups is 2. The number of sulfone groups is 1. The Bertz CT molecular complexity index is 871. The van der Waals surface area contributed by atoms with Gasteiger partial charge < -0.3 is 10.0 Å². The average molecular weight is 417 g/mol. The molecule has 7 nitrogen and oxygen atoms in total. The number of benzene rings is 1. The van der Waals surface area contributed by atoms with Crippen molar-refractivity contribution >= 4 is 55.9 Å². The molecule has 2 aliphatic heterocycles. The Kier molecular flexibility index (Phi) is 5.59. The van der Waals surface area contributed by atoms with Crippen LogP contribution in [-0.4, -0.2) is 53.4 Å². The van der Waals surface area contributed by atoms with E-state index in [-0.39, 0.29) is 42.1 Å². The normalized spacial score (nSPS) is 25.4. The molecule has 10 heteroatoms. The summed E-state index contributed by atoms with van der Waals surface area (Å²) >= 11 is 7.54. The molecule has 2 saturated heterocycles. The molecule has 2 aliphatic rings. The minimum absolute atomic E-state index is 0.0118. The van der Waals surface area contributed by atoms with Crippen LogP contribution < -0.4 is 4.90 Å². The van der Waals surface area contributed by atoms with E-state index in [0.29, 0.717) is 15.9 Å². The molecule has 1 aromatic carbocycles. The lowest BCUT2D eigenvalue weighted by Gasteiger charge is -2.25. The second-order valence-corrected chi connectivity index (χ2v) is 9.92. The SMILES string of the molecule is O=C(O)CCCC(=O)N=C1S[C@H]2CS(=O)(=O)C[C@@H]2N1c1ccccc1Cl. The molecule has 2 fully saturated rings. The lowest BCUT2D eigenvalue weighted by Crippen LogP contribution is -2.37. The van der Waals surface area contributed by atoms with Crippen molar-refractivity contribution in [3.8, 4) is 0 Å². The third-order valence-corrected chi connectivity index (χ3v) is 7.71. The van der Waals surface area contributed by atoms with Gasteiger partial charge in [-0.1, -0.05) is 35.5 Å². The summed E-state index contributed by atoms with van der Waals surface area (Å²) < 4.78 is 24.0. The van der Waals surface area contributed by atoms with E-state index in [1.54, 1.807) is 29.2 Å². The predicted molar refractivity (Wildman–Crippen MR) is 102 cm³/mol. The number of aliphatic carboxylic acids is 1. The molecule has 140 valence electrons. The number of carboxylic acids is 1. The van der Waals surface area contributed by atoms with Gasteiger partial charge in [-0.25, -0.2) is 8.42 Å². The van der Waals surface area contributed by atoms with Gasteiger partial charge in [-0.05, 0) is 18.6 Å².